The van der Waals surface area contributed by atoms with E-state index in [1.165, 1.54) is 0 Å². The fraction of sp³-hybridized carbons (Fsp3) is 0.692. The van der Waals surface area contributed by atoms with E-state index in [0.29, 0.717) is 18.8 Å². The third-order valence-electron chi connectivity index (χ3n) is 2.90. The molecule has 0 fully saturated rings. The second kappa shape index (κ2) is 7.13. The molecule has 0 bridgehead atoms. The Bertz CT molecular complexity index is 415. The summed E-state index contributed by atoms with van der Waals surface area (Å²) in [5.74, 6) is 0.692. The van der Waals surface area contributed by atoms with Crippen LogP contribution >= 0.6 is 0 Å². The van der Waals surface area contributed by atoms with Crippen molar-refractivity contribution in [2.75, 3.05) is 18.9 Å². The maximum absolute atomic E-state index is 11.9. The van der Waals surface area contributed by atoms with Gasteiger partial charge in [0.2, 0.25) is 0 Å². The Morgan fingerprint density at radius 2 is 2.32 bits per heavy atom. The van der Waals surface area contributed by atoms with E-state index in [0.717, 1.165) is 18.5 Å². The van der Waals surface area contributed by atoms with E-state index in [1.807, 2.05) is 13.1 Å². The van der Waals surface area contributed by atoms with Crippen LogP contribution in [0.4, 0.5) is 10.6 Å². The Hall–Kier alpha value is -1.56. The number of aryl methyl sites for hydroxylation is 2. The van der Waals surface area contributed by atoms with Gasteiger partial charge >= 0.3 is 6.03 Å². The van der Waals surface area contributed by atoms with Crippen molar-refractivity contribution in [3.05, 3.63) is 11.8 Å². The van der Waals surface area contributed by atoms with Gasteiger partial charge in [-0.15, -0.1) is 0 Å². The molecule has 19 heavy (non-hydrogen) atoms. The van der Waals surface area contributed by atoms with Gasteiger partial charge in [0.15, 0.2) is 0 Å². The van der Waals surface area contributed by atoms with Gasteiger partial charge in [-0.1, -0.05) is 13.3 Å². The predicted molar refractivity (Wildman–Crippen MR) is 75.1 cm³/mol. The molecule has 1 rings (SSSR count). The number of aliphatic hydroxyl groups is 1. The van der Waals surface area contributed by atoms with E-state index >= 15 is 0 Å². The number of hydrogen-bond acceptors (Lipinski definition) is 3. The maximum Gasteiger partial charge on any atom is 0.322 e. The SMILES string of the molecule is CCCc1cc(NC(=O)N(C)CCC(C)O)n(C)n1. The predicted octanol–water partition coefficient (Wildman–Crippen LogP) is 1.61. The minimum absolute atomic E-state index is 0.188. The molecular formula is C13H24N4O2. The standard InChI is InChI=1S/C13H24N4O2/c1-5-6-11-9-12(17(4)15-11)14-13(19)16(3)8-7-10(2)18/h9-10,18H,5-8H2,1-4H3,(H,14,19). The van der Waals surface area contributed by atoms with Gasteiger partial charge in [0.1, 0.15) is 5.82 Å². The molecule has 0 aliphatic rings. The lowest BCUT2D eigenvalue weighted by molar-refractivity contribution is 0.167. The fourth-order valence-corrected chi connectivity index (χ4v) is 1.71. The van der Waals surface area contributed by atoms with E-state index in [4.69, 9.17) is 0 Å². The summed E-state index contributed by atoms with van der Waals surface area (Å²) in [4.78, 5) is 13.5. The monoisotopic (exact) mass is 268 g/mol. The fourth-order valence-electron chi connectivity index (χ4n) is 1.71. The average molecular weight is 268 g/mol. The molecule has 1 aromatic heterocycles. The van der Waals surface area contributed by atoms with E-state index in [1.54, 1.807) is 23.6 Å². The molecule has 0 aliphatic heterocycles. The summed E-state index contributed by atoms with van der Waals surface area (Å²) in [7, 11) is 3.52. The summed E-state index contributed by atoms with van der Waals surface area (Å²) in [6.07, 6.45) is 2.10. The number of aliphatic hydroxyl groups excluding tert-OH is 1. The van der Waals surface area contributed by atoms with Crippen molar-refractivity contribution < 1.29 is 9.90 Å². The zero-order valence-electron chi connectivity index (χ0n) is 12.2. The molecule has 1 unspecified atom stereocenters. The number of nitrogens with one attached hydrogen (secondary N) is 1. The van der Waals surface area contributed by atoms with Gasteiger partial charge < -0.3 is 10.0 Å². The highest BCUT2D eigenvalue weighted by Crippen LogP contribution is 2.11. The second-order valence-electron chi connectivity index (χ2n) is 4.88. The third kappa shape index (κ3) is 4.90. The number of nitrogens with zero attached hydrogens (tertiary/aromatic N) is 3. The number of hydrogen-bond donors (Lipinski definition) is 2. The molecule has 0 saturated carbocycles. The molecule has 1 atom stereocenters. The van der Waals surface area contributed by atoms with Gasteiger partial charge in [-0.3, -0.25) is 10.00 Å². The van der Waals surface area contributed by atoms with Crippen molar-refractivity contribution in [1.82, 2.24) is 14.7 Å². The lowest BCUT2D eigenvalue weighted by atomic mass is 10.2. The maximum atomic E-state index is 11.9. The van der Waals surface area contributed by atoms with Crippen molar-refractivity contribution in [3.63, 3.8) is 0 Å². The average Bonchev–Trinajstić information content (AvgIpc) is 2.67. The number of aromatic nitrogens is 2. The van der Waals surface area contributed by atoms with Gasteiger partial charge in [-0.25, -0.2) is 4.79 Å². The molecule has 0 saturated heterocycles. The van der Waals surface area contributed by atoms with Gasteiger partial charge in [-0.05, 0) is 19.8 Å². The van der Waals surface area contributed by atoms with E-state index in [9.17, 15) is 9.90 Å². The lowest BCUT2D eigenvalue weighted by Crippen LogP contribution is -2.33. The number of anilines is 1. The minimum atomic E-state index is -0.400. The smallest absolute Gasteiger partial charge is 0.322 e. The van der Waals surface area contributed by atoms with Crippen LogP contribution in [0.1, 0.15) is 32.4 Å². The van der Waals surface area contributed by atoms with Gasteiger partial charge in [0.25, 0.3) is 0 Å². The first kappa shape index (κ1) is 15.5. The normalized spacial score (nSPS) is 12.3. The summed E-state index contributed by atoms with van der Waals surface area (Å²) in [6, 6.07) is 1.70. The van der Waals surface area contributed by atoms with E-state index < -0.39 is 6.10 Å². The van der Waals surface area contributed by atoms with Gasteiger partial charge in [0, 0.05) is 26.7 Å². The molecule has 0 aliphatic carbocycles. The zero-order valence-corrected chi connectivity index (χ0v) is 12.2. The molecule has 6 nitrogen and oxygen atoms in total. The van der Waals surface area contributed by atoms with Crippen molar-refractivity contribution in [1.29, 1.82) is 0 Å². The number of carbonyl (C=O) groups is 1. The summed E-state index contributed by atoms with van der Waals surface area (Å²) in [5.41, 5.74) is 0.979. The molecule has 0 radical (unpaired) electrons. The highest BCUT2D eigenvalue weighted by atomic mass is 16.3. The van der Waals surface area contributed by atoms with Crippen LogP contribution in [-0.4, -0.2) is 45.5 Å². The van der Waals surface area contributed by atoms with Crippen LogP contribution in [0.25, 0.3) is 0 Å². The minimum Gasteiger partial charge on any atom is -0.393 e. The van der Waals surface area contributed by atoms with Gasteiger partial charge in [0.05, 0.1) is 11.8 Å². The van der Waals surface area contributed by atoms with Gasteiger partial charge in [-0.2, -0.15) is 5.10 Å². The largest absolute Gasteiger partial charge is 0.393 e. The number of amides is 2. The molecule has 1 aromatic rings. The Kier molecular flexibility index (Phi) is 5.82. The van der Waals surface area contributed by atoms with Crippen molar-refractivity contribution in [2.24, 2.45) is 7.05 Å². The topological polar surface area (TPSA) is 70.4 Å². The Morgan fingerprint density at radius 3 is 2.89 bits per heavy atom. The zero-order chi connectivity index (χ0) is 14.4. The first-order chi connectivity index (χ1) is 8.93. The molecule has 2 amide bonds. The lowest BCUT2D eigenvalue weighted by Gasteiger charge is -2.18. The summed E-state index contributed by atoms with van der Waals surface area (Å²) in [6.45, 7) is 4.32. The third-order valence-corrected chi connectivity index (χ3v) is 2.90. The van der Waals surface area contributed by atoms with Crippen molar-refractivity contribution in [3.8, 4) is 0 Å². The van der Waals surface area contributed by atoms with Crippen LogP contribution in [0, 0.1) is 0 Å². The van der Waals surface area contributed by atoms with Crippen LogP contribution in [0.5, 0.6) is 0 Å². The molecule has 1 heterocycles. The van der Waals surface area contributed by atoms with Crippen LogP contribution in [0.3, 0.4) is 0 Å². The Morgan fingerprint density at radius 1 is 1.63 bits per heavy atom. The summed E-state index contributed by atoms with van der Waals surface area (Å²) in [5, 5.41) is 16.4. The Labute approximate surface area is 114 Å². The van der Waals surface area contributed by atoms with E-state index in [2.05, 4.69) is 17.3 Å². The Balaban J connectivity index is 2.56. The first-order valence-corrected chi connectivity index (χ1v) is 6.67. The quantitative estimate of drug-likeness (QED) is 0.823. The highest BCUT2D eigenvalue weighted by Gasteiger charge is 2.12. The van der Waals surface area contributed by atoms with Crippen LogP contribution in [0.15, 0.2) is 6.07 Å². The second-order valence-corrected chi connectivity index (χ2v) is 4.88. The molecular weight excluding hydrogens is 244 g/mol. The highest BCUT2D eigenvalue weighted by molar-refractivity contribution is 5.88. The molecule has 6 heteroatoms. The number of rotatable bonds is 6. The molecule has 0 spiro atoms. The molecule has 2 N–H and O–H groups in total. The van der Waals surface area contributed by atoms with Crippen LogP contribution in [0.2, 0.25) is 0 Å². The van der Waals surface area contributed by atoms with Crippen LogP contribution in [-0.2, 0) is 13.5 Å². The summed E-state index contributed by atoms with van der Waals surface area (Å²) < 4.78 is 1.67. The van der Waals surface area contributed by atoms with Crippen molar-refractivity contribution in [2.45, 2.75) is 39.2 Å². The summed E-state index contributed by atoms with van der Waals surface area (Å²) >= 11 is 0. The number of urea groups is 1. The number of carbonyl (C=O) groups excluding carboxylic acids is 1. The molecule has 0 aromatic carbocycles. The van der Waals surface area contributed by atoms with E-state index in [-0.39, 0.29) is 6.03 Å². The van der Waals surface area contributed by atoms with Crippen LogP contribution < -0.4 is 5.32 Å². The molecule has 108 valence electrons. The first-order valence-electron chi connectivity index (χ1n) is 6.67. The van der Waals surface area contributed by atoms with Crippen molar-refractivity contribution >= 4 is 11.8 Å².